The number of carbonyl (C=O) groups excluding carboxylic acids is 2. The van der Waals surface area contributed by atoms with E-state index in [1.165, 1.54) is 26.2 Å². The molecule has 0 radical (unpaired) electrons. The van der Waals surface area contributed by atoms with Gasteiger partial charge in [-0.1, -0.05) is 23.2 Å². The minimum atomic E-state index is -0.423. The van der Waals surface area contributed by atoms with Crippen LogP contribution in [0.5, 0.6) is 17.2 Å². The molecule has 0 atom stereocenters. The first-order valence-corrected chi connectivity index (χ1v) is 14.1. The van der Waals surface area contributed by atoms with Gasteiger partial charge >= 0.3 is 0 Å². The molecule has 1 saturated heterocycles. The van der Waals surface area contributed by atoms with E-state index in [9.17, 15) is 9.59 Å². The van der Waals surface area contributed by atoms with E-state index >= 15 is 0 Å². The Balaban J connectivity index is 1.41. The zero-order chi connectivity index (χ0) is 30.7. The minimum absolute atomic E-state index is 0.00762. The number of amides is 2. The predicted molar refractivity (Wildman–Crippen MR) is 162 cm³/mol. The molecule has 0 unspecified atom stereocenters. The summed E-state index contributed by atoms with van der Waals surface area (Å²) in [6.07, 6.45) is 3.17. The number of rotatable bonds is 10. The first-order chi connectivity index (χ1) is 20.7. The Morgan fingerprint density at radius 3 is 2.58 bits per heavy atom. The number of nitrogen functional groups attached to an aromatic ring is 1. The highest BCUT2D eigenvalue weighted by Gasteiger charge is 2.38. The standard InChI is InChI=1S/C28H31Cl2N7O6/c1-40-19-11-16(21(29)23(42-3)22(19)41-2)14-37-25-20(24(30)34-28(31)35-25)18(27(37)39)12-17-10-15(13-33-17)26(38)32-4-5-36-6-8-43-9-7-36/h10-13,33H,4-9,14H2,1-3H3,(H,32,38)(H2,31,34,35)/b18-12+. The Kier molecular flexibility index (Phi) is 9.25. The molecule has 15 heteroatoms. The predicted octanol–water partition coefficient (Wildman–Crippen LogP) is 2.87. The second-order valence-corrected chi connectivity index (χ2v) is 10.4. The van der Waals surface area contributed by atoms with Crippen LogP contribution in [0.3, 0.4) is 0 Å². The summed E-state index contributed by atoms with van der Waals surface area (Å²) >= 11 is 13.2. The quantitative estimate of drug-likeness (QED) is 0.224. The molecule has 1 fully saturated rings. The SMILES string of the molecule is COc1cc(CN2C(=O)/C(=C/c3cc(C(=O)NCCN4CCOCC4)c[nH]3)c3c(Cl)nc(N)nc32)c(Cl)c(OC)c1OC. The van der Waals surface area contributed by atoms with Crippen molar-refractivity contribution >= 4 is 58.4 Å². The van der Waals surface area contributed by atoms with Crippen molar-refractivity contribution in [2.45, 2.75) is 6.54 Å². The number of morpholine rings is 1. The molecular formula is C28H31Cl2N7O6. The van der Waals surface area contributed by atoms with Crippen molar-refractivity contribution in [2.24, 2.45) is 0 Å². The van der Waals surface area contributed by atoms with Crippen LogP contribution in [-0.4, -0.2) is 92.4 Å². The number of hydrogen-bond acceptors (Lipinski definition) is 10. The third-order valence-electron chi connectivity index (χ3n) is 7.12. The van der Waals surface area contributed by atoms with Crippen molar-refractivity contribution in [2.75, 3.05) is 71.4 Å². The molecule has 4 N–H and O–H groups in total. The highest BCUT2D eigenvalue weighted by atomic mass is 35.5. The molecule has 43 heavy (non-hydrogen) atoms. The smallest absolute Gasteiger partial charge is 0.260 e. The fraction of sp³-hybridized carbons (Fsp3) is 0.357. The van der Waals surface area contributed by atoms with Crippen LogP contribution in [0.4, 0.5) is 11.8 Å². The maximum Gasteiger partial charge on any atom is 0.260 e. The molecule has 1 aromatic carbocycles. The van der Waals surface area contributed by atoms with Crippen LogP contribution < -0.4 is 30.2 Å². The monoisotopic (exact) mass is 631 g/mol. The third-order valence-corrected chi connectivity index (χ3v) is 7.81. The average Bonchev–Trinajstić information content (AvgIpc) is 3.57. The van der Waals surface area contributed by atoms with Crippen LogP contribution in [0.15, 0.2) is 18.3 Å². The van der Waals surface area contributed by atoms with Crippen LogP contribution in [0.25, 0.3) is 11.6 Å². The van der Waals surface area contributed by atoms with E-state index < -0.39 is 5.91 Å². The molecule has 0 saturated carbocycles. The normalized spacial score (nSPS) is 16.0. The number of ether oxygens (including phenoxy) is 4. The molecule has 3 aromatic rings. The summed E-state index contributed by atoms with van der Waals surface area (Å²) in [5.41, 5.74) is 7.85. The van der Waals surface area contributed by atoms with Crippen molar-refractivity contribution in [1.82, 2.24) is 25.2 Å². The average molecular weight is 633 g/mol. The van der Waals surface area contributed by atoms with Gasteiger partial charge in [0.05, 0.1) is 62.8 Å². The number of nitrogens with one attached hydrogen (secondary N) is 2. The molecule has 5 rings (SSSR count). The molecular weight excluding hydrogens is 601 g/mol. The van der Waals surface area contributed by atoms with E-state index in [1.807, 2.05) is 0 Å². The first kappa shape index (κ1) is 30.4. The number of methoxy groups -OCH3 is 3. The van der Waals surface area contributed by atoms with Crippen molar-refractivity contribution in [1.29, 1.82) is 0 Å². The highest BCUT2D eigenvalue weighted by Crippen LogP contribution is 2.47. The summed E-state index contributed by atoms with van der Waals surface area (Å²) < 4.78 is 21.7. The number of anilines is 2. The van der Waals surface area contributed by atoms with Gasteiger partial charge in [-0.2, -0.15) is 4.98 Å². The van der Waals surface area contributed by atoms with Gasteiger partial charge in [-0.15, -0.1) is 0 Å². The summed E-state index contributed by atoms with van der Waals surface area (Å²) in [6.45, 7) is 4.28. The van der Waals surface area contributed by atoms with Gasteiger partial charge in [0, 0.05) is 38.1 Å². The van der Waals surface area contributed by atoms with Crippen LogP contribution in [0.2, 0.25) is 10.2 Å². The van der Waals surface area contributed by atoms with Gasteiger partial charge in [0.15, 0.2) is 17.3 Å². The molecule has 0 aliphatic carbocycles. The number of nitrogens with two attached hydrogens (primary N) is 1. The van der Waals surface area contributed by atoms with Crippen LogP contribution in [0, 0.1) is 0 Å². The van der Waals surface area contributed by atoms with Crippen LogP contribution >= 0.6 is 23.2 Å². The van der Waals surface area contributed by atoms with E-state index in [0.717, 1.165) is 19.6 Å². The number of hydrogen-bond donors (Lipinski definition) is 3. The van der Waals surface area contributed by atoms with Crippen LogP contribution in [0.1, 0.15) is 27.2 Å². The summed E-state index contributed by atoms with van der Waals surface area (Å²) in [5, 5.41) is 3.16. The fourth-order valence-electron chi connectivity index (χ4n) is 4.99. The number of H-pyrrole nitrogens is 1. The minimum Gasteiger partial charge on any atom is -0.493 e. The molecule has 0 bridgehead atoms. The molecule has 2 aliphatic heterocycles. The van der Waals surface area contributed by atoms with Crippen LogP contribution in [-0.2, 0) is 16.1 Å². The number of aromatic nitrogens is 3. The summed E-state index contributed by atoms with van der Waals surface area (Å²) in [5.74, 6) is 0.385. The number of halogens is 2. The summed E-state index contributed by atoms with van der Waals surface area (Å²) in [4.78, 5) is 41.7. The van der Waals surface area contributed by atoms with E-state index in [-0.39, 0.29) is 45.7 Å². The van der Waals surface area contributed by atoms with Gasteiger partial charge in [-0.25, -0.2) is 4.98 Å². The lowest BCUT2D eigenvalue weighted by molar-refractivity contribution is -0.113. The number of nitrogens with zero attached hydrogens (tertiary/aromatic N) is 4. The highest BCUT2D eigenvalue weighted by molar-refractivity contribution is 6.41. The van der Waals surface area contributed by atoms with E-state index in [2.05, 4.69) is 25.2 Å². The Labute approximate surface area is 257 Å². The lowest BCUT2D eigenvalue weighted by Gasteiger charge is -2.26. The largest absolute Gasteiger partial charge is 0.493 e. The maximum absolute atomic E-state index is 13.9. The Morgan fingerprint density at radius 1 is 1.14 bits per heavy atom. The van der Waals surface area contributed by atoms with Crippen molar-refractivity contribution < 1.29 is 28.5 Å². The Bertz CT molecular complexity index is 1570. The van der Waals surface area contributed by atoms with E-state index in [0.29, 0.717) is 53.6 Å². The second-order valence-electron chi connectivity index (χ2n) is 9.69. The maximum atomic E-state index is 13.9. The van der Waals surface area contributed by atoms with Crippen molar-refractivity contribution in [3.63, 3.8) is 0 Å². The van der Waals surface area contributed by atoms with Gasteiger partial charge in [0.25, 0.3) is 11.8 Å². The number of carbonyl (C=O) groups is 2. The lowest BCUT2D eigenvalue weighted by atomic mass is 10.1. The Hall–Kier alpha value is -4.04. The molecule has 4 heterocycles. The van der Waals surface area contributed by atoms with Gasteiger partial charge in [-0.3, -0.25) is 19.4 Å². The Morgan fingerprint density at radius 2 is 1.88 bits per heavy atom. The van der Waals surface area contributed by atoms with E-state index in [1.54, 1.807) is 24.4 Å². The van der Waals surface area contributed by atoms with Crippen molar-refractivity contribution in [3.05, 3.63) is 50.9 Å². The van der Waals surface area contributed by atoms with Gasteiger partial charge in [-0.05, 0) is 23.8 Å². The first-order valence-electron chi connectivity index (χ1n) is 13.4. The fourth-order valence-corrected chi connectivity index (χ4v) is 5.54. The third kappa shape index (κ3) is 6.20. The zero-order valence-corrected chi connectivity index (χ0v) is 25.3. The number of benzene rings is 1. The van der Waals surface area contributed by atoms with Gasteiger partial charge in [0.2, 0.25) is 11.7 Å². The molecule has 2 amide bonds. The van der Waals surface area contributed by atoms with Gasteiger partial charge < -0.3 is 35.0 Å². The summed E-state index contributed by atoms with van der Waals surface area (Å²) in [7, 11) is 4.40. The van der Waals surface area contributed by atoms with Gasteiger partial charge in [0.1, 0.15) is 5.15 Å². The second kappa shape index (κ2) is 13.1. The molecule has 2 aromatic heterocycles. The molecule has 0 spiro atoms. The lowest BCUT2D eigenvalue weighted by Crippen LogP contribution is -2.41. The molecule has 2 aliphatic rings. The van der Waals surface area contributed by atoms with Crippen molar-refractivity contribution in [3.8, 4) is 17.2 Å². The number of fused-ring (bicyclic) bond motifs is 1. The topological polar surface area (TPSA) is 157 Å². The number of aromatic amines is 1. The summed E-state index contributed by atoms with van der Waals surface area (Å²) in [6, 6.07) is 3.30. The molecule has 228 valence electrons. The zero-order valence-electron chi connectivity index (χ0n) is 23.8. The van der Waals surface area contributed by atoms with E-state index in [4.69, 9.17) is 47.9 Å². The molecule has 13 nitrogen and oxygen atoms in total.